The Balaban J connectivity index is 2.96. The van der Waals surface area contributed by atoms with Crippen molar-refractivity contribution >= 4 is 27.6 Å². The summed E-state index contributed by atoms with van der Waals surface area (Å²) in [7, 11) is 4.90. The SMILES string of the molecule is CCSSCCC(=O)OC. The lowest BCUT2D eigenvalue weighted by molar-refractivity contribution is -0.140. The van der Waals surface area contributed by atoms with E-state index in [0.717, 1.165) is 11.5 Å². The number of hydrogen-bond donors (Lipinski definition) is 0. The van der Waals surface area contributed by atoms with Gasteiger partial charge in [0, 0.05) is 11.5 Å². The lowest BCUT2D eigenvalue weighted by atomic mass is 10.5. The second-order valence-corrected chi connectivity index (χ2v) is 4.43. The summed E-state index contributed by atoms with van der Waals surface area (Å²) < 4.78 is 4.47. The Labute approximate surface area is 69.5 Å². The lowest BCUT2D eigenvalue weighted by Crippen LogP contribution is -2.00. The van der Waals surface area contributed by atoms with Crippen LogP contribution in [0.15, 0.2) is 0 Å². The van der Waals surface area contributed by atoms with Gasteiger partial charge in [-0.2, -0.15) is 0 Å². The molecular weight excluding hydrogens is 168 g/mol. The van der Waals surface area contributed by atoms with Gasteiger partial charge in [0.2, 0.25) is 0 Å². The zero-order valence-corrected chi connectivity index (χ0v) is 7.89. The van der Waals surface area contributed by atoms with Crippen LogP contribution in [0.1, 0.15) is 13.3 Å². The molecule has 0 bridgehead atoms. The molecule has 0 aromatic heterocycles. The van der Waals surface area contributed by atoms with E-state index in [1.807, 2.05) is 0 Å². The molecule has 0 heterocycles. The predicted molar refractivity (Wildman–Crippen MR) is 47.2 cm³/mol. The Morgan fingerprint density at radius 1 is 1.50 bits per heavy atom. The summed E-state index contributed by atoms with van der Waals surface area (Å²) >= 11 is 0. The largest absolute Gasteiger partial charge is 0.469 e. The Morgan fingerprint density at radius 3 is 2.70 bits per heavy atom. The van der Waals surface area contributed by atoms with E-state index < -0.39 is 0 Å². The molecule has 60 valence electrons. The third-order valence-electron chi connectivity index (χ3n) is 0.818. The molecule has 0 atom stereocenters. The van der Waals surface area contributed by atoms with Gasteiger partial charge < -0.3 is 4.74 Å². The molecule has 0 aromatic rings. The summed E-state index contributed by atoms with van der Waals surface area (Å²) in [5, 5.41) is 0. The van der Waals surface area contributed by atoms with Gasteiger partial charge in [-0.05, 0) is 0 Å². The summed E-state index contributed by atoms with van der Waals surface area (Å²) in [6.45, 7) is 2.09. The maximum Gasteiger partial charge on any atom is 0.306 e. The number of hydrogen-bond acceptors (Lipinski definition) is 4. The van der Waals surface area contributed by atoms with Crippen molar-refractivity contribution < 1.29 is 9.53 Å². The lowest BCUT2D eigenvalue weighted by Gasteiger charge is -1.96. The quantitative estimate of drug-likeness (QED) is 0.367. The van der Waals surface area contributed by atoms with E-state index in [-0.39, 0.29) is 5.97 Å². The third kappa shape index (κ3) is 6.29. The fourth-order valence-electron chi connectivity index (χ4n) is 0.369. The summed E-state index contributed by atoms with van der Waals surface area (Å²) in [6.07, 6.45) is 0.522. The van der Waals surface area contributed by atoms with Crippen molar-refractivity contribution in [3.8, 4) is 0 Å². The van der Waals surface area contributed by atoms with Crippen molar-refractivity contribution in [2.24, 2.45) is 0 Å². The first-order valence-corrected chi connectivity index (χ1v) is 5.61. The molecule has 0 aliphatic carbocycles. The highest BCUT2D eigenvalue weighted by Crippen LogP contribution is 2.20. The fourth-order valence-corrected chi connectivity index (χ4v) is 2.01. The van der Waals surface area contributed by atoms with Gasteiger partial charge in [-0.1, -0.05) is 28.5 Å². The van der Waals surface area contributed by atoms with Crippen LogP contribution < -0.4 is 0 Å². The molecule has 0 rings (SSSR count). The number of ether oxygens (including phenoxy) is 1. The van der Waals surface area contributed by atoms with E-state index >= 15 is 0 Å². The van der Waals surface area contributed by atoms with Crippen LogP contribution in [0.25, 0.3) is 0 Å². The number of carbonyl (C=O) groups excluding carboxylic acids is 1. The van der Waals surface area contributed by atoms with Crippen LogP contribution in [-0.4, -0.2) is 24.6 Å². The van der Waals surface area contributed by atoms with E-state index in [9.17, 15) is 4.79 Å². The summed E-state index contributed by atoms with van der Waals surface area (Å²) in [5.41, 5.74) is 0. The molecule has 4 heteroatoms. The maximum absolute atomic E-state index is 10.5. The number of methoxy groups -OCH3 is 1. The van der Waals surface area contributed by atoms with Crippen molar-refractivity contribution in [1.82, 2.24) is 0 Å². The van der Waals surface area contributed by atoms with E-state index in [4.69, 9.17) is 0 Å². The Bertz CT molecular complexity index is 95.7. The molecule has 0 aliphatic heterocycles. The minimum absolute atomic E-state index is 0.121. The van der Waals surface area contributed by atoms with Crippen LogP contribution in [0.5, 0.6) is 0 Å². The van der Waals surface area contributed by atoms with Crippen LogP contribution in [0.4, 0.5) is 0 Å². The second kappa shape index (κ2) is 7.28. The zero-order chi connectivity index (χ0) is 7.82. The van der Waals surface area contributed by atoms with Gasteiger partial charge in [-0.15, -0.1) is 0 Å². The maximum atomic E-state index is 10.5. The Hall–Kier alpha value is 0.170. The summed E-state index contributed by atoms with van der Waals surface area (Å²) in [5.74, 6) is 1.82. The van der Waals surface area contributed by atoms with Crippen LogP contribution in [-0.2, 0) is 9.53 Å². The van der Waals surface area contributed by atoms with Gasteiger partial charge >= 0.3 is 5.97 Å². The summed E-state index contributed by atoms with van der Waals surface area (Å²) in [6, 6.07) is 0. The molecule has 0 fully saturated rings. The van der Waals surface area contributed by atoms with Crippen molar-refractivity contribution in [3.63, 3.8) is 0 Å². The smallest absolute Gasteiger partial charge is 0.306 e. The normalized spacial score (nSPS) is 9.40. The van der Waals surface area contributed by atoms with Gasteiger partial charge in [-0.25, -0.2) is 0 Å². The first-order chi connectivity index (χ1) is 4.81. The number of rotatable bonds is 5. The molecule has 0 aliphatic rings. The highest BCUT2D eigenvalue weighted by molar-refractivity contribution is 8.76. The van der Waals surface area contributed by atoms with Crippen molar-refractivity contribution in [2.45, 2.75) is 13.3 Å². The standard InChI is InChI=1S/C6H12O2S2/c1-3-9-10-5-4-6(7)8-2/h3-5H2,1-2H3. The van der Waals surface area contributed by atoms with E-state index in [1.165, 1.54) is 7.11 Å². The molecular formula is C6H12O2S2. The van der Waals surface area contributed by atoms with Crippen molar-refractivity contribution in [1.29, 1.82) is 0 Å². The summed E-state index contributed by atoms with van der Waals surface area (Å²) in [4.78, 5) is 10.5. The average Bonchev–Trinajstić information content (AvgIpc) is 1.98. The van der Waals surface area contributed by atoms with Crippen LogP contribution in [0.3, 0.4) is 0 Å². The Morgan fingerprint density at radius 2 is 2.20 bits per heavy atom. The zero-order valence-electron chi connectivity index (χ0n) is 6.25. The fraction of sp³-hybridized carbons (Fsp3) is 0.833. The molecule has 2 nitrogen and oxygen atoms in total. The minimum Gasteiger partial charge on any atom is -0.469 e. The third-order valence-corrected chi connectivity index (χ3v) is 3.30. The highest BCUT2D eigenvalue weighted by Gasteiger charge is 1.98. The molecule has 10 heavy (non-hydrogen) atoms. The first-order valence-electron chi connectivity index (χ1n) is 3.12. The second-order valence-electron chi connectivity index (χ2n) is 1.55. The molecule has 0 aromatic carbocycles. The monoisotopic (exact) mass is 180 g/mol. The van der Waals surface area contributed by atoms with Crippen LogP contribution in [0.2, 0.25) is 0 Å². The average molecular weight is 180 g/mol. The van der Waals surface area contributed by atoms with Gasteiger partial charge in [-0.3, -0.25) is 4.79 Å². The van der Waals surface area contributed by atoms with Gasteiger partial charge in [0.15, 0.2) is 0 Å². The highest BCUT2D eigenvalue weighted by atomic mass is 33.1. The van der Waals surface area contributed by atoms with E-state index in [0.29, 0.717) is 6.42 Å². The molecule has 0 radical (unpaired) electrons. The number of carbonyl (C=O) groups is 1. The Kier molecular flexibility index (Phi) is 7.40. The van der Waals surface area contributed by atoms with Gasteiger partial charge in [0.25, 0.3) is 0 Å². The van der Waals surface area contributed by atoms with Crippen LogP contribution >= 0.6 is 21.6 Å². The predicted octanol–water partition coefficient (Wildman–Crippen LogP) is 1.95. The van der Waals surface area contributed by atoms with E-state index in [2.05, 4.69) is 11.7 Å². The molecule has 0 N–H and O–H groups in total. The molecule has 0 spiro atoms. The molecule has 0 saturated heterocycles. The van der Waals surface area contributed by atoms with Crippen molar-refractivity contribution in [3.05, 3.63) is 0 Å². The topological polar surface area (TPSA) is 26.3 Å². The van der Waals surface area contributed by atoms with E-state index in [1.54, 1.807) is 21.6 Å². The molecule has 0 saturated carbocycles. The number of esters is 1. The first kappa shape index (κ1) is 10.2. The molecule has 0 unspecified atom stereocenters. The molecule has 0 amide bonds. The van der Waals surface area contributed by atoms with Crippen molar-refractivity contribution in [2.75, 3.05) is 18.6 Å². The van der Waals surface area contributed by atoms with Crippen LogP contribution in [0, 0.1) is 0 Å². The van der Waals surface area contributed by atoms with Gasteiger partial charge in [0.1, 0.15) is 0 Å². The minimum atomic E-state index is -0.121. The van der Waals surface area contributed by atoms with Gasteiger partial charge in [0.05, 0.1) is 13.5 Å².